The minimum atomic E-state index is -0.875. The second-order valence-electron chi connectivity index (χ2n) is 3.79. The van der Waals surface area contributed by atoms with Gasteiger partial charge in [0.15, 0.2) is 0 Å². The van der Waals surface area contributed by atoms with E-state index in [1.165, 1.54) is 17.1 Å². The molecule has 6 nitrogen and oxygen atoms in total. The number of carbonyl (C=O) groups is 1. The van der Waals surface area contributed by atoms with E-state index in [4.69, 9.17) is 5.26 Å². The fraction of sp³-hybridized carbons (Fsp3) is 0.0833. The van der Waals surface area contributed by atoms with Gasteiger partial charge in [-0.2, -0.15) is 10.4 Å². The Morgan fingerprint density at radius 2 is 2.20 bits per heavy atom. The van der Waals surface area contributed by atoms with E-state index in [0.717, 1.165) is 12.1 Å². The zero-order chi connectivity index (χ0) is 14.5. The molecule has 0 radical (unpaired) electrons. The Hall–Kier alpha value is -2.95. The molecular formula is C12H9F2N5O. The zero-order valence-electron chi connectivity index (χ0n) is 10.1. The summed E-state index contributed by atoms with van der Waals surface area (Å²) in [5, 5.41) is 16.9. The zero-order valence-corrected chi connectivity index (χ0v) is 10.1. The molecule has 0 aliphatic carbocycles. The number of halogens is 2. The minimum absolute atomic E-state index is 0.0515. The molecular weight excluding hydrogens is 268 g/mol. The number of hydrogen-bond donors (Lipinski definition) is 2. The van der Waals surface area contributed by atoms with Crippen molar-refractivity contribution in [3.05, 3.63) is 42.2 Å². The van der Waals surface area contributed by atoms with Crippen LogP contribution in [0.5, 0.6) is 0 Å². The van der Waals surface area contributed by atoms with Gasteiger partial charge in [-0.25, -0.2) is 13.6 Å². The average molecular weight is 277 g/mol. The molecule has 20 heavy (non-hydrogen) atoms. The monoisotopic (exact) mass is 277 g/mol. The van der Waals surface area contributed by atoms with E-state index in [2.05, 4.69) is 15.7 Å². The van der Waals surface area contributed by atoms with Gasteiger partial charge in [0.1, 0.15) is 18.2 Å². The predicted molar refractivity (Wildman–Crippen MR) is 66.8 cm³/mol. The lowest BCUT2D eigenvalue weighted by Crippen LogP contribution is -2.19. The number of anilines is 2. The lowest BCUT2D eigenvalue weighted by atomic mass is 10.3. The number of nitrogens with one attached hydrogen (secondary N) is 2. The quantitative estimate of drug-likeness (QED) is 0.903. The molecule has 0 atom stereocenters. The van der Waals surface area contributed by atoms with Crippen molar-refractivity contribution in [2.45, 2.75) is 6.54 Å². The Balaban J connectivity index is 1.99. The number of nitriles is 1. The highest BCUT2D eigenvalue weighted by molar-refractivity contribution is 5.99. The smallest absolute Gasteiger partial charge is 0.305 e. The summed E-state index contributed by atoms with van der Waals surface area (Å²) in [6, 6.07) is 4.00. The molecule has 0 saturated heterocycles. The summed E-state index contributed by atoms with van der Waals surface area (Å²) in [6.45, 7) is 0.0515. The molecule has 8 heteroatoms. The lowest BCUT2D eigenvalue weighted by Gasteiger charge is -2.06. The third-order valence-electron chi connectivity index (χ3n) is 2.30. The van der Waals surface area contributed by atoms with E-state index in [1.807, 2.05) is 6.07 Å². The minimum Gasteiger partial charge on any atom is -0.305 e. The first kappa shape index (κ1) is 13.5. The third kappa shape index (κ3) is 3.29. The molecule has 2 aromatic rings. The van der Waals surface area contributed by atoms with Crippen LogP contribution in [0.1, 0.15) is 0 Å². The number of benzene rings is 1. The normalized spacial score (nSPS) is 9.85. The predicted octanol–water partition coefficient (Wildman–Crippen LogP) is 2.33. The molecule has 0 unspecified atom stereocenters. The van der Waals surface area contributed by atoms with Crippen LogP contribution in [0.3, 0.4) is 0 Å². The highest BCUT2D eigenvalue weighted by Gasteiger charge is 2.09. The number of hydrogen-bond acceptors (Lipinski definition) is 3. The number of aromatic nitrogens is 2. The van der Waals surface area contributed by atoms with Crippen LogP contribution in [0.15, 0.2) is 30.6 Å². The van der Waals surface area contributed by atoms with Crippen molar-refractivity contribution in [2.24, 2.45) is 0 Å². The summed E-state index contributed by atoms with van der Waals surface area (Å²) in [4.78, 5) is 11.6. The third-order valence-corrected chi connectivity index (χ3v) is 2.30. The molecule has 0 spiro atoms. The van der Waals surface area contributed by atoms with E-state index in [1.54, 1.807) is 0 Å². The molecule has 1 aromatic heterocycles. The van der Waals surface area contributed by atoms with Gasteiger partial charge < -0.3 is 10.6 Å². The SMILES string of the molecule is N#CCn1cc(NC(=O)Nc2ccc(F)cc2F)cn1. The van der Waals surface area contributed by atoms with Crippen LogP contribution in [0, 0.1) is 23.0 Å². The van der Waals surface area contributed by atoms with Crippen LogP contribution in [0.25, 0.3) is 0 Å². The van der Waals surface area contributed by atoms with Gasteiger partial charge in [0.25, 0.3) is 0 Å². The van der Waals surface area contributed by atoms with Crippen molar-refractivity contribution >= 4 is 17.4 Å². The summed E-state index contributed by atoms with van der Waals surface area (Å²) in [6.07, 6.45) is 2.79. The van der Waals surface area contributed by atoms with Crippen molar-refractivity contribution in [2.75, 3.05) is 10.6 Å². The maximum absolute atomic E-state index is 13.3. The lowest BCUT2D eigenvalue weighted by molar-refractivity contribution is 0.262. The largest absolute Gasteiger partial charge is 0.323 e. The fourth-order valence-corrected chi connectivity index (χ4v) is 1.46. The maximum Gasteiger partial charge on any atom is 0.323 e. The van der Waals surface area contributed by atoms with Crippen LogP contribution in [-0.2, 0) is 6.54 Å². The molecule has 0 aliphatic rings. The first-order chi connectivity index (χ1) is 9.58. The number of amides is 2. The molecule has 0 aliphatic heterocycles. The van der Waals surface area contributed by atoms with Gasteiger partial charge in [-0.05, 0) is 12.1 Å². The van der Waals surface area contributed by atoms with Gasteiger partial charge in [-0.15, -0.1) is 0 Å². The van der Waals surface area contributed by atoms with Crippen LogP contribution in [0.2, 0.25) is 0 Å². The van der Waals surface area contributed by atoms with Crippen LogP contribution in [-0.4, -0.2) is 15.8 Å². The van der Waals surface area contributed by atoms with E-state index < -0.39 is 17.7 Å². The van der Waals surface area contributed by atoms with Crippen molar-refractivity contribution < 1.29 is 13.6 Å². The summed E-state index contributed by atoms with van der Waals surface area (Å²) >= 11 is 0. The van der Waals surface area contributed by atoms with Crippen molar-refractivity contribution in [3.8, 4) is 6.07 Å². The second-order valence-corrected chi connectivity index (χ2v) is 3.79. The number of carbonyl (C=O) groups excluding carboxylic acids is 1. The first-order valence-electron chi connectivity index (χ1n) is 5.51. The van der Waals surface area contributed by atoms with E-state index in [0.29, 0.717) is 11.8 Å². The summed E-state index contributed by atoms with van der Waals surface area (Å²) in [5.74, 6) is -1.61. The van der Waals surface area contributed by atoms with Gasteiger partial charge in [-0.1, -0.05) is 0 Å². The van der Waals surface area contributed by atoms with Crippen LogP contribution < -0.4 is 10.6 Å². The van der Waals surface area contributed by atoms with Crippen LogP contribution >= 0.6 is 0 Å². The fourth-order valence-electron chi connectivity index (χ4n) is 1.46. The molecule has 1 aromatic carbocycles. The first-order valence-corrected chi connectivity index (χ1v) is 5.51. The van der Waals surface area contributed by atoms with Gasteiger partial charge in [0.2, 0.25) is 0 Å². The Bertz CT molecular complexity index is 677. The van der Waals surface area contributed by atoms with Gasteiger partial charge >= 0.3 is 6.03 Å². The average Bonchev–Trinajstić information content (AvgIpc) is 2.81. The Labute approximate surface area is 112 Å². The second kappa shape index (κ2) is 5.79. The van der Waals surface area contributed by atoms with E-state index >= 15 is 0 Å². The molecule has 0 bridgehead atoms. The molecule has 102 valence electrons. The molecule has 2 rings (SSSR count). The highest BCUT2D eigenvalue weighted by Crippen LogP contribution is 2.15. The number of rotatable bonds is 3. The Kier molecular flexibility index (Phi) is 3.91. The van der Waals surface area contributed by atoms with E-state index in [-0.39, 0.29) is 12.2 Å². The standard InChI is InChI=1S/C12H9F2N5O/c13-8-1-2-11(10(14)5-8)18-12(20)17-9-6-16-19(7-9)4-3-15/h1-2,5-7H,4H2,(H2,17,18,20). The topological polar surface area (TPSA) is 82.7 Å². The molecule has 2 N–H and O–H groups in total. The van der Waals surface area contributed by atoms with Crippen LogP contribution in [0.4, 0.5) is 25.0 Å². The highest BCUT2D eigenvalue weighted by atomic mass is 19.1. The summed E-state index contributed by atoms with van der Waals surface area (Å²) in [7, 11) is 0. The summed E-state index contributed by atoms with van der Waals surface area (Å²) < 4.78 is 27.3. The maximum atomic E-state index is 13.3. The number of urea groups is 1. The molecule has 0 saturated carbocycles. The molecule has 0 fully saturated rings. The Morgan fingerprint density at radius 3 is 2.90 bits per heavy atom. The van der Waals surface area contributed by atoms with Crippen molar-refractivity contribution in [1.29, 1.82) is 5.26 Å². The molecule has 2 amide bonds. The van der Waals surface area contributed by atoms with Crippen molar-refractivity contribution in [3.63, 3.8) is 0 Å². The number of nitrogens with zero attached hydrogens (tertiary/aromatic N) is 3. The molecule has 1 heterocycles. The van der Waals surface area contributed by atoms with Gasteiger partial charge in [-0.3, -0.25) is 4.68 Å². The Morgan fingerprint density at radius 1 is 1.40 bits per heavy atom. The van der Waals surface area contributed by atoms with Gasteiger partial charge in [0, 0.05) is 12.3 Å². The van der Waals surface area contributed by atoms with Crippen molar-refractivity contribution in [1.82, 2.24) is 9.78 Å². The van der Waals surface area contributed by atoms with Gasteiger partial charge in [0.05, 0.1) is 23.6 Å². The summed E-state index contributed by atoms with van der Waals surface area (Å²) in [5.41, 5.74) is 0.202. The van der Waals surface area contributed by atoms with E-state index in [9.17, 15) is 13.6 Å².